The standard InChI is InChI=1S/C8H11NO5/c1-4(2)6-7(12)9(3-5(10)11)8(13)14-6/h4,6H,3H2,1-2H3,(H,10,11). The highest BCUT2D eigenvalue weighted by atomic mass is 16.6. The zero-order chi connectivity index (χ0) is 10.9. The summed E-state index contributed by atoms with van der Waals surface area (Å²) in [6.07, 6.45) is -1.72. The van der Waals surface area contributed by atoms with Crippen molar-refractivity contribution in [3.63, 3.8) is 0 Å². The van der Waals surface area contributed by atoms with Crippen molar-refractivity contribution in [2.75, 3.05) is 6.54 Å². The number of cyclic esters (lactones) is 1. The predicted octanol–water partition coefficient (Wildman–Crippen LogP) is 0.0744. The number of carbonyl (C=O) groups is 3. The molecule has 0 aromatic carbocycles. The minimum Gasteiger partial charge on any atom is -0.480 e. The highest BCUT2D eigenvalue weighted by Gasteiger charge is 2.42. The van der Waals surface area contributed by atoms with Crippen LogP contribution in [0.3, 0.4) is 0 Å². The van der Waals surface area contributed by atoms with Crippen molar-refractivity contribution in [3.05, 3.63) is 0 Å². The summed E-state index contributed by atoms with van der Waals surface area (Å²) in [4.78, 5) is 33.4. The van der Waals surface area contributed by atoms with Crippen LogP contribution in [0.1, 0.15) is 13.8 Å². The molecule has 0 spiro atoms. The van der Waals surface area contributed by atoms with Gasteiger partial charge in [0.2, 0.25) is 0 Å². The summed E-state index contributed by atoms with van der Waals surface area (Å²) < 4.78 is 4.72. The zero-order valence-electron chi connectivity index (χ0n) is 7.89. The third kappa shape index (κ3) is 1.84. The van der Waals surface area contributed by atoms with E-state index in [9.17, 15) is 14.4 Å². The number of imide groups is 1. The number of hydrogen-bond acceptors (Lipinski definition) is 4. The minimum atomic E-state index is -1.24. The molecule has 0 radical (unpaired) electrons. The van der Waals surface area contributed by atoms with E-state index in [0.717, 1.165) is 0 Å². The zero-order valence-corrected chi connectivity index (χ0v) is 7.89. The van der Waals surface area contributed by atoms with Gasteiger partial charge < -0.3 is 9.84 Å². The predicted molar refractivity (Wildman–Crippen MR) is 44.5 cm³/mol. The Balaban J connectivity index is 2.75. The third-order valence-corrected chi connectivity index (χ3v) is 1.86. The van der Waals surface area contributed by atoms with Crippen LogP contribution in [0, 0.1) is 5.92 Å². The summed E-state index contributed by atoms with van der Waals surface area (Å²) in [6, 6.07) is 0. The molecule has 0 aromatic rings. The van der Waals surface area contributed by atoms with Gasteiger partial charge in [-0.1, -0.05) is 13.8 Å². The van der Waals surface area contributed by atoms with Crippen LogP contribution in [0.15, 0.2) is 0 Å². The van der Waals surface area contributed by atoms with E-state index >= 15 is 0 Å². The molecule has 1 N–H and O–H groups in total. The lowest BCUT2D eigenvalue weighted by Gasteiger charge is -2.10. The van der Waals surface area contributed by atoms with Crippen molar-refractivity contribution in [1.29, 1.82) is 0 Å². The van der Waals surface area contributed by atoms with Gasteiger partial charge in [0, 0.05) is 0 Å². The molecule has 6 heteroatoms. The van der Waals surface area contributed by atoms with Crippen LogP contribution in [0.2, 0.25) is 0 Å². The van der Waals surface area contributed by atoms with Crippen LogP contribution in [0.4, 0.5) is 4.79 Å². The fraction of sp³-hybridized carbons (Fsp3) is 0.625. The van der Waals surface area contributed by atoms with Gasteiger partial charge in [0.1, 0.15) is 6.54 Å². The van der Waals surface area contributed by atoms with Gasteiger partial charge in [-0.25, -0.2) is 9.69 Å². The largest absolute Gasteiger partial charge is 0.480 e. The van der Waals surface area contributed by atoms with E-state index in [1.54, 1.807) is 13.8 Å². The second kappa shape index (κ2) is 3.65. The number of rotatable bonds is 3. The first-order chi connectivity index (χ1) is 6.43. The van der Waals surface area contributed by atoms with Crippen LogP contribution in [0.5, 0.6) is 0 Å². The average molecular weight is 201 g/mol. The second-order valence-electron chi connectivity index (χ2n) is 3.37. The molecule has 2 amide bonds. The average Bonchev–Trinajstić information content (AvgIpc) is 2.31. The molecule has 1 heterocycles. The summed E-state index contributed by atoms with van der Waals surface area (Å²) in [5.41, 5.74) is 0. The number of carboxylic acid groups (broad SMARTS) is 1. The summed E-state index contributed by atoms with van der Waals surface area (Å²) in [5.74, 6) is -1.96. The number of hydrogen-bond donors (Lipinski definition) is 1. The molecule has 6 nitrogen and oxygen atoms in total. The molecule has 1 aliphatic rings. The van der Waals surface area contributed by atoms with Crippen LogP contribution < -0.4 is 0 Å². The van der Waals surface area contributed by atoms with Crippen LogP contribution in [-0.4, -0.2) is 40.6 Å². The first-order valence-electron chi connectivity index (χ1n) is 4.17. The SMILES string of the molecule is CC(C)C1OC(=O)N(CC(=O)O)C1=O. The highest BCUT2D eigenvalue weighted by molar-refractivity contribution is 6.02. The van der Waals surface area contributed by atoms with E-state index in [1.165, 1.54) is 0 Å². The molecular weight excluding hydrogens is 190 g/mol. The topological polar surface area (TPSA) is 83.9 Å². The van der Waals surface area contributed by atoms with E-state index in [-0.39, 0.29) is 5.92 Å². The second-order valence-corrected chi connectivity index (χ2v) is 3.37. The maximum Gasteiger partial charge on any atom is 0.417 e. The van der Waals surface area contributed by atoms with Gasteiger partial charge in [-0.3, -0.25) is 9.59 Å². The van der Waals surface area contributed by atoms with Crippen LogP contribution >= 0.6 is 0 Å². The molecule has 0 aromatic heterocycles. The van der Waals surface area contributed by atoms with E-state index in [0.29, 0.717) is 4.90 Å². The van der Waals surface area contributed by atoms with Gasteiger partial charge in [0.15, 0.2) is 6.10 Å². The summed E-state index contributed by atoms with van der Waals surface area (Å²) in [6.45, 7) is 2.81. The Labute approximate surface area is 80.4 Å². The molecule has 1 fully saturated rings. The Bertz CT molecular complexity index is 285. The van der Waals surface area contributed by atoms with Gasteiger partial charge in [0.05, 0.1) is 0 Å². The maximum absolute atomic E-state index is 11.4. The van der Waals surface area contributed by atoms with Crippen molar-refractivity contribution in [3.8, 4) is 0 Å². The highest BCUT2D eigenvalue weighted by Crippen LogP contribution is 2.19. The number of aliphatic carboxylic acids is 1. The third-order valence-electron chi connectivity index (χ3n) is 1.86. The summed E-state index contributed by atoms with van der Waals surface area (Å²) >= 11 is 0. The monoisotopic (exact) mass is 201 g/mol. The van der Waals surface area contributed by atoms with Crippen molar-refractivity contribution < 1.29 is 24.2 Å². The Morgan fingerprint density at radius 2 is 2.14 bits per heavy atom. The van der Waals surface area contributed by atoms with Gasteiger partial charge >= 0.3 is 12.1 Å². The van der Waals surface area contributed by atoms with E-state index in [2.05, 4.69) is 0 Å². The number of carbonyl (C=O) groups excluding carboxylic acids is 2. The van der Waals surface area contributed by atoms with Crippen LogP contribution in [-0.2, 0) is 14.3 Å². The van der Waals surface area contributed by atoms with Crippen molar-refractivity contribution >= 4 is 18.0 Å². The molecule has 0 bridgehead atoms. The Morgan fingerprint density at radius 3 is 2.50 bits per heavy atom. The van der Waals surface area contributed by atoms with E-state index in [1.807, 2.05) is 0 Å². The van der Waals surface area contributed by atoms with Crippen LogP contribution in [0.25, 0.3) is 0 Å². The first-order valence-corrected chi connectivity index (χ1v) is 4.17. The molecule has 78 valence electrons. The van der Waals surface area contributed by atoms with Gasteiger partial charge in [-0.05, 0) is 5.92 Å². The Morgan fingerprint density at radius 1 is 1.57 bits per heavy atom. The molecule has 0 saturated carbocycles. The summed E-state index contributed by atoms with van der Waals surface area (Å²) in [7, 11) is 0. The molecule has 1 saturated heterocycles. The van der Waals surface area contributed by atoms with E-state index < -0.39 is 30.6 Å². The fourth-order valence-electron chi connectivity index (χ4n) is 1.17. The van der Waals surface area contributed by atoms with Crippen molar-refractivity contribution in [1.82, 2.24) is 4.90 Å². The molecule has 1 rings (SSSR count). The Hall–Kier alpha value is -1.59. The smallest absolute Gasteiger partial charge is 0.417 e. The van der Waals surface area contributed by atoms with Gasteiger partial charge in [-0.2, -0.15) is 0 Å². The van der Waals surface area contributed by atoms with Gasteiger partial charge in [-0.15, -0.1) is 0 Å². The summed E-state index contributed by atoms with van der Waals surface area (Å²) in [5, 5.41) is 8.43. The number of ether oxygens (including phenoxy) is 1. The van der Waals surface area contributed by atoms with Crippen molar-refractivity contribution in [2.45, 2.75) is 20.0 Å². The molecule has 0 aliphatic carbocycles. The molecule has 1 aliphatic heterocycles. The lowest BCUT2D eigenvalue weighted by Crippen LogP contribution is -2.37. The molecule has 1 atom stereocenters. The fourth-order valence-corrected chi connectivity index (χ4v) is 1.17. The lowest BCUT2D eigenvalue weighted by molar-refractivity contribution is -0.142. The molecule has 1 unspecified atom stereocenters. The number of nitrogens with zero attached hydrogens (tertiary/aromatic N) is 1. The number of carboxylic acids is 1. The minimum absolute atomic E-state index is 0.148. The van der Waals surface area contributed by atoms with Gasteiger partial charge in [0.25, 0.3) is 5.91 Å². The quantitative estimate of drug-likeness (QED) is 0.698. The van der Waals surface area contributed by atoms with Crippen molar-refractivity contribution in [2.24, 2.45) is 5.92 Å². The maximum atomic E-state index is 11.4. The molecule has 14 heavy (non-hydrogen) atoms. The molecular formula is C8H11NO5. The lowest BCUT2D eigenvalue weighted by atomic mass is 10.1. The normalized spacial score (nSPS) is 21.6. The Kier molecular flexibility index (Phi) is 2.73. The first kappa shape index (κ1) is 10.5. The van der Waals surface area contributed by atoms with E-state index in [4.69, 9.17) is 9.84 Å². The number of amides is 2.